The maximum absolute atomic E-state index is 5.73. The minimum atomic E-state index is 0.668. The number of ether oxygens (including phenoxy) is 2. The summed E-state index contributed by atoms with van der Waals surface area (Å²) in [5.74, 6) is 1.34. The summed E-state index contributed by atoms with van der Waals surface area (Å²) in [6.07, 6.45) is 0. The molecule has 0 aliphatic rings. The lowest BCUT2D eigenvalue weighted by Gasteiger charge is -2.15. The van der Waals surface area contributed by atoms with E-state index >= 15 is 0 Å². The Kier molecular flexibility index (Phi) is 4.52. The number of benzene rings is 3. The highest BCUT2D eigenvalue weighted by Crippen LogP contribution is 2.43. The van der Waals surface area contributed by atoms with Crippen LogP contribution in [0.15, 0.2) is 84.9 Å². The summed E-state index contributed by atoms with van der Waals surface area (Å²) in [5, 5.41) is 1.75. The van der Waals surface area contributed by atoms with Gasteiger partial charge in [-0.2, -0.15) is 0 Å². The number of nitrogens with zero attached hydrogens (tertiary/aromatic N) is 2. The molecule has 146 valence electrons. The minimum Gasteiger partial charge on any atom is -0.492 e. The molecule has 2 heterocycles. The third-order valence-corrected chi connectivity index (χ3v) is 5.26. The van der Waals surface area contributed by atoms with Gasteiger partial charge in [-0.1, -0.05) is 60.7 Å². The second kappa shape index (κ2) is 7.48. The molecule has 0 fully saturated rings. The standard InChI is InChI=1S/C26H20N2O2/c1-29-25-19-13-15-21(17-9-5-3-6-10-17)27-23(19)24-20(26(25)30-2)14-16-22(28-24)18-11-7-4-8-12-18/h3-16H,1-2H3. The van der Waals surface area contributed by atoms with Crippen LogP contribution in [0.2, 0.25) is 0 Å². The first-order chi connectivity index (χ1) is 14.8. The van der Waals surface area contributed by atoms with Crippen molar-refractivity contribution in [2.24, 2.45) is 0 Å². The molecule has 0 aliphatic carbocycles. The van der Waals surface area contributed by atoms with Gasteiger partial charge in [-0.05, 0) is 24.3 Å². The van der Waals surface area contributed by atoms with Crippen LogP contribution >= 0.6 is 0 Å². The average molecular weight is 392 g/mol. The molecule has 0 unspecified atom stereocenters. The highest BCUT2D eigenvalue weighted by Gasteiger charge is 2.19. The van der Waals surface area contributed by atoms with E-state index in [-0.39, 0.29) is 0 Å². The van der Waals surface area contributed by atoms with Gasteiger partial charge in [-0.25, -0.2) is 9.97 Å². The van der Waals surface area contributed by atoms with Gasteiger partial charge in [0.15, 0.2) is 11.5 Å². The molecule has 0 radical (unpaired) electrons. The molecule has 0 saturated heterocycles. The van der Waals surface area contributed by atoms with Crippen molar-refractivity contribution in [2.45, 2.75) is 0 Å². The first kappa shape index (κ1) is 18.1. The van der Waals surface area contributed by atoms with Gasteiger partial charge in [-0.3, -0.25) is 0 Å². The second-order valence-electron chi connectivity index (χ2n) is 6.98. The van der Waals surface area contributed by atoms with Gasteiger partial charge < -0.3 is 9.47 Å². The number of pyridine rings is 2. The van der Waals surface area contributed by atoms with E-state index in [1.165, 1.54) is 0 Å². The lowest BCUT2D eigenvalue weighted by molar-refractivity contribution is 0.362. The number of methoxy groups -OCH3 is 2. The van der Waals surface area contributed by atoms with E-state index in [2.05, 4.69) is 24.3 Å². The highest BCUT2D eigenvalue weighted by atomic mass is 16.5. The summed E-state index contributed by atoms with van der Waals surface area (Å²) in [5.41, 5.74) is 5.48. The van der Waals surface area contributed by atoms with Crippen molar-refractivity contribution in [3.63, 3.8) is 0 Å². The zero-order chi connectivity index (χ0) is 20.5. The quantitative estimate of drug-likeness (QED) is 0.345. The van der Waals surface area contributed by atoms with Gasteiger partial charge >= 0.3 is 0 Å². The van der Waals surface area contributed by atoms with Crippen molar-refractivity contribution in [3.05, 3.63) is 84.9 Å². The van der Waals surface area contributed by atoms with Crippen molar-refractivity contribution in [1.82, 2.24) is 9.97 Å². The molecule has 0 N–H and O–H groups in total. The molecule has 0 amide bonds. The molecule has 0 spiro atoms. The normalized spacial score (nSPS) is 11.0. The molecule has 3 aromatic carbocycles. The topological polar surface area (TPSA) is 44.2 Å². The number of hydrogen-bond acceptors (Lipinski definition) is 4. The molecule has 0 saturated carbocycles. The third-order valence-electron chi connectivity index (χ3n) is 5.26. The monoisotopic (exact) mass is 392 g/mol. The average Bonchev–Trinajstić information content (AvgIpc) is 2.83. The minimum absolute atomic E-state index is 0.668. The first-order valence-electron chi connectivity index (χ1n) is 9.76. The molecule has 2 aromatic heterocycles. The second-order valence-corrected chi connectivity index (χ2v) is 6.98. The van der Waals surface area contributed by atoms with Crippen LogP contribution in [-0.4, -0.2) is 24.2 Å². The van der Waals surface area contributed by atoms with Crippen molar-refractivity contribution in [1.29, 1.82) is 0 Å². The van der Waals surface area contributed by atoms with Crippen LogP contribution in [0.1, 0.15) is 0 Å². The van der Waals surface area contributed by atoms with E-state index in [4.69, 9.17) is 19.4 Å². The number of fused-ring (bicyclic) bond motifs is 3. The lowest BCUT2D eigenvalue weighted by atomic mass is 10.0. The zero-order valence-electron chi connectivity index (χ0n) is 16.8. The van der Waals surface area contributed by atoms with Crippen LogP contribution in [0.5, 0.6) is 11.5 Å². The summed E-state index contributed by atoms with van der Waals surface area (Å²) in [4.78, 5) is 9.99. The van der Waals surface area contributed by atoms with E-state index in [1.807, 2.05) is 60.7 Å². The van der Waals surface area contributed by atoms with Crippen LogP contribution in [0.4, 0.5) is 0 Å². The molecule has 5 aromatic rings. The Labute approximate surface area is 174 Å². The molecule has 0 atom stereocenters. The Balaban J connectivity index is 1.86. The molecule has 0 bridgehead atoms. The summed E-state index contributed by atoms with van der Waals surface area (Å²) in [6, 6.07) is 28.4. The molecule has 5 rings (SSSR count). The van der Waals surface area contributed by atoms with Crippen LogP contribution in [0, 0.1) is 0 Å². The van der Waals surface area contributed by atoms with Crippen LogP contribution in [0.3, 0.4) is 0 Å². The fourth-order valence-corrected chi connectivity index (χ4v) is 3.84. The zero-order valence-corrected chi connectivity index (χ0v) is 16.8. The maximum Gasteiger partial charge on any atom is 0.170 e. The maximum atomic E-state index is 5.73. The number of rotatable bonds is 4. The summed E-state index contributed by atoms with van der Waals surface area (Å²) >= 11 is 0. The van der Waals surface area contributed by atoms with Crippen molar-refractivity contribution >= 4 is 21.8 Å². The van der Waals surface area contributed by atoms with Crippen molar-refractivity contribution in [3.8, 4) is 34.0 Å². The van der Waals surface area contributed by atoms with Gasteiger partial charge in [0.05, 0.1) is 25.6 Å². The Bertz CT molecular complexity index is 1240. The van der Waals surface area contributed by atoms with Crippen molar-refractivity contribution < 1.29 is 9.47 Å². The Morgan fingerprint density at radius 3 is 1.27 bits per heavy atom. The van der Waals surface area contributed by atoms with Gasteiger partial charge in [0.25, 0.3) is 0 Å². The van der Waals surface area contributed by atoms with Crippen LogP contribution in [0.25, 0.3) is 44.3 Å². The summed E-state index contributed by atoms with van der Waals surface area (Å²) in [7, 11) is 3.31. The largest absolute Gasteiger partial charge is 0.492 e. The third kappa shape index (κ3) is 2.94. The lowest BCUT2D eigenvalue weighted by Crippen LogP contribution is -1.98. The van der Waals surface area contributed by atoms with Gasteiger partial charge in [-0.15, -0.1) is 0 Å². The van der Waals surface area contributed by atoms with E-state index in [1.54, 1.807) is 14.2 Å². The van der Waals surface area contributed by atoms with E-state index < -0.39 is 0 Å². The molecule has 4 nitrogen and oxygen atoms in total. The van der Waals surface area contributed by atoms with E-state index in [9.17, 15) is 0 Å². The summed E-state index contributed by atoms with van der Waals surface area (Å²) < 4.78 is 11.5. The molecular weight excluding hydrogens is 372 g/mol. The fourth-order valence-electron chi connectivity index (χ4n) is 3.84. The molecular formula is C26H20N2O2. The van der Waals surface area contributed by atoms with Crippen molar-refractivity contribution in [2.75, 3.05) is 14.2 Å². The fraction of sp³-hybridized carbons (Fsp3) is 0.0769. The Morgan fingerprint density at radius 1 is 0.500 bits per heavy atom. The molecule has 30 heavy (non-hydrogen) atoms. The highest BCUT2D eigenvalue weighted by molar-refractivity contribution is 6.11. The number of hydrogen-bond donors (Lipinski definition) is 0. The predicted octanol–water partition coefficient (Wildman–Crippen LogP) is 6.13. The van der Waals surface area contributed by atoms with Gasteiger partial charge in [0, 0.05) is 21.9 Å². The SMILES string of the molecule is COc1c(OC)c2ccc(-c3ccccc3)nc2c2nc(-c3ccccc3)ccc12. The van der Waals surface area contributed by atoms with E-state index in [0.29, 0.717) is 11.5 Å². The van der Waals surface area contributed by atoms with Crippen LogP contribution < -0.4 is 9.47 Å². The van der Waals surface area contributed by atoms with Gasteiger partial charge in [0.1, 0.15) is 11.0 Å². The first-order valence-corrected chi connectivity index (χ1v) is 9.76. The van der Waals surface area contributed by atoms with E-state index in [0.717, 1.165) is 44.3 Å². The Morgan fingerprint density at radius 2 is 0.900 bits per heavy atom. The van der Waals surface area contributed by atoms with Gasteiger partial charge in [0.2, 0.25) is 0 Å². The molecule has 4 heteroatoms. The molecule has 0 aliphatic heterocycles. The predicted molar refractivity (Wildman–Crippen MR) is 121 cm³/mol. The Hall–Kier alpha value is -3.92. The van der Waals surface area contributed by atoms with Crippen LogP contribution in [-0.2, 0) is 0 Å². The summed E-state index contributed by atoms with van der Waals surface area (Å²) in [6.45, 7) is 0. The smallest absolute Gasteiger partial charge is 0.170 e. The number of aromatic nitrogens is 2.